The van der Waals surface area contributed by atoms with E-state index in [1.165, 1.54) is 0 Å². The van der Waals surface area contributed by atoms with Crippen molar-refractivity contribution >= 4 is 5.97 Å². The third-order valence-corrected chi connectivity index (χ3v) is 11.0. The molecular formula is C35H67N3O10. The largest absolute Gasteiger partial charge is 0.459 e. The fourth-order valence-corrected chi connectivity index (χ4v) is 7.93. The first kappa shape index (κ1) is 41.5. The van der Waals surface area contributed by atoms with Crippen LogP contribution in [0.25, 0.3) is 0 Å². The minimum atomic E-state index is -1.47. The van der Waals surface area contributed by atoms with E-state index >= 15 is 0 Å². The summed E-state index contributed by atoms with van der Waals surface area (Å²) in [5.41, 5.74) is 2.90. The number of aliphatic hydroxyl groups excluding tert-OH is 1. The normalized spacial score (nSPS) is 48.9. The van der Waals surface area contributed by atoms with E-state index in [2.05, 4.69) is 5.32 Å². The van der Waals surface area contributed by atoms with E-state index in [0.717, 1.165) is 0 Å². The third kappa shape index (κ3) is 9.67. The average Bonchev–Trinajstić information content (AvgIpc) is 2.99. The number of hydrogen-bond donors (Lipinski definition) is 5. The number of nitrogens with zero attached hydrogens (tertiary/aromatic N) is 1. The molecule has 3 saturated heterocycles. The monoisotopic (exact) mass is 689 g/mol. The fourth-order valence-electron chi connectivity index (χ4n) is 7.93. The van der Waals surface area contributed by atoms with Gasteiger partial charge in [0.1, 0.15) is 17.8 Å². The van der Waals surface area contributed by atoms with Crippen molar-refractivity contribution in [2.75, 3.05) is 34.3 Å². The summed E-state index contributed by atoms with van der Waals surface area (Å²) >= 11 is 0. The zero-order valence-electron chi connectivity index (χ0n) is 31.5. The van der Waals surface area contributed by atoms with Gasteiger partial charge in [0.2, 0.25) is 0 Å². The first-order chi connectivity index (χ1) is 22.2. The number of nitrogens with one attached hydrogen (secondary N) is 1. The van der Waals surface area contributed by atoms with Crippen LogP contribution in [0.1, 0.15) is 88.0 Å². The van der Waals surface area contributed by atoms with Crippen molar-refractivity contribution in [1.82, 2.24) is 10.2 Å². The second kappa shape index (κ2) is 16.6. The Labute approximate surface area is 288 Å². The van der Waals surface area contributed by atoms with Crippen molar-refractivity contribution in [3.05, 3.63) is 0 Å². The Bertz CT molecular complexity index is 1030. The lowest BCUT2D eigenvalue weighted by Gasteiger charge is -2.49. The summed E-state index contributed by atoms with van der Waals surface area (Å²) in [4.78, 5) is 15.9. The Hall–Kier alpha value is -0.970. The molecule has 6 N–H and O–H groups in total. The predicted octanol–water partition coefficient (Wildman–Crippen LogP) is 1.78. The van der Waals surface area contributed by atoms with Gasteiger partial charge in [0.05, 0.1) is 47.6 Å². The van der Waals surface area contributed by atoms with Crippen LogP contribution < -0.4 is 11.1 Å². The average molecular weight is 690 g/mol. The van der Waals surface area contributed by atoms with Gasteiger partial charge >= 0.3 is 5.97 Å². The van der Waals surface area contributed by atoms with Gasteiger partial charge in [-0.05, 0) is 87.4 Å². The number of β-amino-alcohol motifs (C(OH)–C–C–N with tert-alkyl or cyclic N) is 1. The molecule has 0 aromatic heterocycles. The number of rotatable bonds is 7. The Kier molecular flexibility index (Phi) is 14.3. The molecule has 0 amide bonds. The van der Waals surface area contributed by atoms with Gasteiger partial charge in [0.15, 0.2) is 12.6 Å². The van der Waals surface area contributed by atoms with Crippen LogP contribution in [0, 0.1) is 17.8 Å². The van der Waals surface area contributed by atoms with Crippen LogP contribution in [-0.2, 0) is 33.2 Å². The van der Waals surface area contributed by atoms with E-state index in [9.17, 15) is 20.1 Å². The molecule has 0 aliphatic carbocycles. The van der Waals surface area contributed by atoms with Crippen LogP contribution in [0.2, 0.25) is 0 Å². The van der Waals surface area contributed by atoms with E-state index in [1.807, 2.05) is 60.5 Å². The maximum atomic E-state index is 14.0. The van der Waals surface area contributed by atoms with Crippen molar-refractivity contribution in [3.63, 3.8) is 0 Å². The van der Waals surface area contributed by atoms with Crippen molar-refractivity contribution in [3.8, 4) is 0 Å². The third-order valence-electron chi connectivity index (χ3n) is 11.0. The number of hydrogen-bond acceptors (Lipinski definition) is 13. The molecule has 0 spiro atoms. The number of cyclic esters (lactones) is 1. The smallest absolute Gasteiger partial charge is 0.311 e. The molecule has 3 aliphatic rings. The Morgan fingerprint density at radius 3 is 2.25 bits per heavy atom. The lowest BCUT2D eigenvalue weighted by atomic mass is 9.77. The lowest BCUT2D eigenvalue weighted by molar-refractivity contribution is -0.311. The molecule has 0 aromatic rings. The van der Waals surface area contributed by atoms with Crippen molar-refractivity contribution in [2.45, 2.75) is 166 Å². The summed E-state index contributed by atoms with van der Waals surface area (Å²) in [5.74, 6) is -2.14. The molecule has 13 heteroatoms. The zero-order chi connectivity index (χ0) is 36.4. The fraction of sp³-hybridized carbons (Fsp3) is 0.971. The van der Waals surface area contributed by atoms with E-state index in [4.69, 9.17) is 34.2 Å². The van der Waals surface area contributed by atoms with Crippen LogP contribution in [0.5, 0.6) is 0 Å². The van der Waals surface area contributed by atoms with Crippen molar-refractivity contribution < 1.29 is 48.5 Å². The molecule has 16 atom stereocenters. The highest BCUT2D eigenvalue weighted by molar-refractivity contribution is 5.73. The Balaban J connectivity index is 2.10. The minimum Gasteiger partial charge on any atom is -0.459 e. The van der Waals surface area contributed by atoms with Gasteiger partial charge in [-0.25, -0.2) is 0 Å². The lowest BCUT2D eigenvalue weighted by Crippen LogP contribution is -2.62. The summed E-state index contributed by atoms with van der Waals surface area (Å²) in [6, 6.07) is -0.643. The summed E-state index contributed by atoms with van der Waals surface area (Å²) in [6.07, 6.45) is -4.49. The quantitative estimate of drug-likeness (QED) is 0.245. The van der Waals surface area contributed by atoms with E-state index in [0.29, 0.717) is 32.2 Å². The van der Waals surface area contributed by atoms with E-state index in [1.54, 1.807) is 27.9 Å². The van der Waals surface area contributed by atoms with Crippen LogP contribution >= 0.6 is 0 Å². The predicted molar refractivity (Wildman–Crippen MR) is 181 cm³/mol. The second-order valence-electron chi connectivity index (χ2n) is 15.9. The molecule has 3 fully saturated rings. The highest BCUT2D eigenvalue weighted by atomic mass is 16.7. The second-order valence-corrected chi connectivity index (χ2v) is 15.9. The van der Waals surface area contributed by atoms with E-state index < -0.39 is 83.7 Å². The molecule has 282 valence electrons. The van der Waals surface area contributed by atoms with Gasteiger partial charge in [-0.2, -0.15) is 0 Å². The van der Waals surface area contributed by atoms with Gasteiger partial charge in [0.25, 0.3) is 0 Å². The Morgan fingerprint density at radius 2 is 1.67 bits per heavy atom. The molecule has 0 bridgehead atoms. The van der Waals surface area contributed by atoms with Crippen LogP contribution in [-0.4, -0.2) is 139 Å². The van der Waals surface area contributed by atoms with Crippen LogP contribution in [0.15, 0.2) is 0 Å². The van der Waals surface area contributed by atoms with Gasteiger partial charge in [-0.1, -0.05) is 20.8 Å². The summed E-state index contributed by atoms with van der Waals surface area (Å²) in [5, 5.41) is 38.4. The van der Waals surface area contributed by atoms with Gasteiger partial charge in [0, 0.05) is 32.0 Å². The first-order valence-corrected chi connectivity index (χ1v) is 17.8. The standard InChI is InChI=1S/C35H67N3O10/c1-13-25-34(8,42)18-37-17-19(2)15-33(7,41)30(48-32-27(39)24(38(10)11)14-20(3)44-32)21(4)28(22(5)31(40)46-25)47-26-16-35(9,43-12)29(36)23(6)45-26/h19-30,32,37,39,41-42H,13-18,36H2,1-12H3/t19-,20-,21+,22-,23+,24+,25?,26+,27-,28?,29+,30-,32+,33-,34+,35-/m1/s1. The molecule has 2 unspecified atom stereocenters. The number of carbonyl (C=O) groups is 1. The number of carbonyl (C=O) groups excluding carboxylic acids is 1. The molecule has 13 nitrogen and oxygen atoms in total. The zero-order valence-corrected chi connectivity index (χ0v) is 31.5. The van der Waals surface area contributed by atoms with Crippen LogP contribution in [0.3, 0.4) is 0 Å². The Morgan fingerprint density at radius 1 is 1.02 bits per heavy atom. The molecule has 3 heterocycles. The van der Waals surface area contributed by atoms with Crippen LogP contribution in [0.4, 0.5) is 0 Å². The molecule has 3 aliphatic heterocycles. The van der Waals surface area contributed by atoms with Crippen molar-refractivity contribution in [1.29, 1.82) is 0 Å². The number of likely N-dealkylation sites (N-methyl/N-ethyl adjacent to an activating group) is 1. The van der Waals surface area contributed by atoms with Gasteiger partial charge in [-0.15, -0.1) is 0 Å². The highest BCUT2D eigenvalue weighted by Gasteiger charge is 2.51. The van der Waals surface area contributed by atoms with Gasteiger partial charge in [-0.3, -0.25) is 4.79 Å². The van der Waals surface area contributed by atoms with Gasteiger partial charge < -0.3 is 59.7 Å². The molecule has 0 radical (unpaired) electrons. The summed E-state index contributed by atoms with van der Waals surface area (Å²) in [7, 11) is 5.41. The molecule has 48 heavy (non-hydrogen) atoms. The number of aliphatic hydroxyl groups is 3. The topological polar surface area (TPSA) is 174 Å². The maximum Gasteiger partial charge on any atom is 0.311 e. The van der Waals surface area contributed by atoms with E-state index in [-0.39, 0.29) is 24.6 Å². The highest BCUT2D eigenvalue weighted by Crippen LogP contribution is 2.39. The molecule has 0 saturated carbocycles. The number of ether oxygens (including phenoxy) is 6. The number of methoxy groups -OCH3 is 1. The maximum absolute atomic E-state index is 14.0. The summed E-state index contributed by atoms with van der Waals surface area (Å²) < 4.78 is 37.7. The number of nitrogens with two attached hydrogens (primary N) is 1. The molecule has 0 aromatic carbocycles. The molecular weight excluding hydrogens is 622 g/mol. The van der Waals surface area contributed by atoms with Crippen molar-refractivity contribution in [2.24, 2.45) is 23.5 Å². The SMILES string of the molecule is CCC1OC(=O)[C@H](C)C(O[C@H]2C[C@@](C)(OC)[C@@H](N)[C@H](C)O2)[C@H](C)[C@@H](O[C@@H]2O[C@H](C)C[C@H](N(C)C)[C@H]2O)[C@](C)(O)C[C@@H](C)CNC[C@]1(C)O. The minimum absolute atomic E-state index is 0.0477. The number of esters is 1. The first-order valence-electron chi connectivity index (χ1n) is 17.8. The molecule has 3 rings (SSSR count). The summed E-state index contributed by atoms with van der Waals surface area (Å²) in [6.45, 7) is 17.2.